The van der Waals surface area contributed by atoms with Crippen LogP contribution in [0.5, 0.6) is 0 Å². The van der Waals surface area contributed by atoms with Crippen molar-refractivity contribution in [2.75, 3.05) is 13.1 Å². The van der Waals surface area contributed by atoms with Crippen molar-refractivity contribution in [2.24, 2.45) is 11.3 Å². The number of carbonyl (C=O) groups is 2. The summed E-state index contributed by atoms with van der Waals surface area (Å²) in [5.74, 6) is -0.522. The Morgan fingerprint density at radius 2 is 1.77 bits per heavy atom. The number of piperidine rings is 1. The maximum absolute atomic E-state index is 13.4. The molecule has 0 spiro atoms. The van der Waals surface area contributed by atoms with Crippen molar-refractivity contribution >= 4 is 23.4 Å². The lowest BCUT2D eigenvalue weighted by Gasteiger charge is -2.45. The molecule has 1 unspecified atom stereocenters. The predicted octanol–water partition coefficient (Wildman–Crippen LogP) is 5.28. The molecule has 1 fully saturated rings. The van der Waals surface area contributed by atoms with E-state index in [1.54, 1.807) is 24.3 Å². The Labute approximate surface area is 188 Å². The molecule has 2 atom stereocenters. The predicted molar refractivity (Wildman–Crippen MR) is 122 cm³/mol. The maximum atomic E-state index is 13.4. The second kappa shape index (κ2) is 9.39. The monoisotopic (exact) mass is 444 g/mol. The minimum Gasteiger partial charge on any atom is -0.340 e. The van der Waals surface area contributed by atoms with Crippen molar-refractivity contribution in [3.8, 4) is 0 Å². The van der Waals surface area contributed by atoms with E-state index in [0.29, 0.717) is 23.7 Å². The van der Waals surface area contributed by atoms with Crippen LogP contribution in [0.4, 0.5) is 4.39 Å². The molecule has 2 aromatic carbocycles. The molecule has 1 saturated heterocycles. The van der Waals surface area contributed by atoms with Gasteiger partial charge in [0.25, 0.3) is 5.91 Å². The Morgan fingerprint density at radius 3 is 2.35 bits per heavy atom. The molecular formula is C25H30ClFN2O2. The Morgan fingerprint density at radius 1 is 1.13 bits per heavy atom. The highest BCUT2D eigenvalue weighted by atomic mass is 35.5. The summed E-state index contributed by atoms with van der Waals surface area (Å²) in [6, 6.07) is 12.8. The van der Waals surface area contributed by atoms with Gasteiger partial charge < -0.3 is 10.2 Å². The first-order valence-electron chi connectivity index (χ1n) is 10.7. The molecule has 1 aliphatic rings. The number of likely N-dealkylation sites (tertiary alicyclic amines) is 1. The fourth-order valence-corrected chi connectivity index (χ4v) is 4.65. The minimum absolute atomic E-state index is 0.0723. The average molecular weight is 445 g/mol. The summed E-state index contributed by atoms with van der Waals surface area (Å²) in [6.07, 6.45) is 0.785. The van der Waals surface area contributed by atoms with Crippen LogP contribution in [0.2, 0.25) is 5.02 Å². The Balaban J connectivity index is 1.73. The maximum Gasteiger partial charge on any atom is 0.253 e. The van der Waals surface area contributed by atoms with Crippen LogP contribution in [0.25, 0.3) is 0 Å². The zero-order valence-corrected chi connectivity index (χ0v) is 19.2. The van der Waals surface area contributed by atoms with Crippen molar-refractivity contribution in [1.29, 1.82) is 0 Å². The first-order chi connectivity index (χ1) is 14.6. The summed E-state index contributed by atoms with van der Waals surface area (Å²) in [5, 5.41) is 3.25. The van der Waals surface area contributed by atoms with E-state index in [4.69, 9.17) is 11.6 Å². The second-order valence-corrected chi connectivity index (χ2v) is 9.72. The Bertz CT molecular complexity index is 943. The summed E-state index contributed by atoms with van der Waals surface area (Å²) in [6.45, 7) is 9.27. The van der Waals surface area contributed by atoms with E-state index >= 15 is 0 Å². The van der Waals surface area contributed by atoms with Crippen molar-refractivity contribution in [3.05, 3.63) is 70.5 Å². The fourth-order valence-electron chi connectivity index (χ4n) is 4.43. The number of hydrogen-bond acceptors (Lipinski definition) is 2. The molecule has 0 aromatic heterocycles. The molecule has 3 rings (SSSR count). The average Bonchev–Trinajstić information content (AvgIpc) is 2.71. The third-order valence-corrected chi connectivity index (χ3v) is 6.48. The first kappa shape index (κ1) is 23.3. The fraction of sp³-hybridized carbons (Fsp3) is 0.440. The van der Waals surface area contributed by atoms with Crippen LogP contribution < -0.4 is 5.32 Å². The number of nitrogens with one attached hydrogen (secondary N) is 1. The molecule has 1 aliphatic heterocycles. The standard InChI is InChI=1S/C25H30ClFN2O2/c1-16(2)22(28-23(30)19-7-5-6-8-21(19)26)24(31)29-14-13-20(25(3,4)15-29)17-9-11-18(27)12-10-17/h5-12,16,20,22H,13-15H2,1-4H3,(H,28,30)/t20?,22-/m1/s1. The quantitative estimate of drug-likeness (QED) is 0.682. The van der Waals surface area contributed by atoms with Crippen LogP contribution in [0.3, 0.4) is 0 Å². The van der Waals surface area contributed by atoms with E-state index in [1.165, 1.54) is 12.1 Å². The smallest absolute Gasteiger partial charge is 0.253 e. The van der Waals surface area contributed by atoms with Gasteiger partial charge in [0.2, 0.25) is 5.91 Å². The number of nitrogens with zero attached hydrogens (tertiary/aromatic N) is 1. The van der Waals surface area contributed by atoms with E-state index in [2.05, 4.69) is 19.2 Å². The van der Waals surface area contributed by atoms with Crippen molar-refractivity contribution in [2.45, 2.75) is 46.1 Å². The molecular weight excluding hydrogens is 415 g/mol. The molecule has 0 bridgehead atoms. The third-order valence-electron chi connectivity index (χ3n) is 6.15. The number of rotatable bonds is 5. The van der Waals surface area contributed by atoms with Gasteiger partial charge in [0.05, 0.1) is 10.6 Å². The van der Waals surface area contributed by atoms with Gasteiger partial charge in [0.15, 0.2) is 0 Å². The van der Waals surface area contributed by atoms with E-state index < -0.39 is 6.04 Å². The van der Waals surface area contributed by atoms with Gasteiger partial charge in [-0.2, -0.15) is 0 Å². The minimum atomic E-state index is -0.637. The molecule has 2 amide bonds. The topological polar surface area (TPSA) is 49.4 Å². The highest BCUT2D eigenvalue weighted by Crippen LogP contribution is 2.42. The summed E-state index contributed by atoms with van der Waals surface area (Å²) in [7, 11) is 0. The molecule has 2 aromatic rings. The lowest BCUT2D eigenvalue weighted by molar-refractivity contribution is -0.137. The first-order valence-corrected chi connectivity index (χ1v) is 11.1. The van der Waals surface area contributed by atoms with Crippen LogP contribution in [-0.2, 0) is 4.79 Å². The number of benzene rings is 2. The van der Waals surface area contributed by atoms with Gasteiger partial charge in [-0.3, -0.25) is 9.59 Å². The molecule has 4 nitrogen and oxygen atoms in total. The zero-order chi connectivity index (χ0) is 22.8. The Kier molecular flexibility index (Phi) is 7.05. The van der Waals surface area contributed by atoms with Crippen molar-refractivity contribution in [1.82, 2.24) is 10.2 Å². The van der Waals surface area contributed by atoms with Crippen molar-refractivity contribution in [3.63, 3.8) is 0 Å². The summed E-state index contributed by atoms with van der Waals surface area (Å²) in [5.41, 5.74) is 1.27. The lowest BCUT2D eigenvalue weighted by Crippen LogP contribution is -2.55. The molecule has 31 heavy (non-hydrogen) atoms. The normalized spacial score (nSPS) is 19.2. The summed E-state index contributed by atoms with van der Waals surface area (Å²) in [4.78, 5) is 28.0. The van der Waals surface area contributed by atoms with Gasteiger partial charge in [-0.25, -0.2) is 4.39 Å². The van der Waals surface area contributed by atoms with Gasteiger partial charge in [0.1, 0.15) is 11.9 Å². The molecule has 0 radical (unpaired) electrons. The molecule has 166 valence electrons. The van der Waals surface area contributed by atoms with E-state index in [-0.39, 0.29) is 34.9 Å². The van der Waals surface area contributed by atoms with E-state index in [9.17, 15) is 14.0 Å². The van der Waals surface area contributed by atoms with Crippen LogP contribution in [0.15, 0.2) is 48.5 Å². The number of halogens is 2. The highest BCUT2D eigenvalue weighted by Gasteiger charge is 2.40. The highest BCUT2D eigenvalue weighted by molar-refractivity contribution is 6.33. The van der Waals surface area contributed by atoms with E-state index in [0.717, 1.165) is 12.0 Å². The van der Waals surface area contributed by atoms with E-state index in [1.807, 2.05) is 30.9 Å². The largest absolute Gasteiger partial charge is 0.340 e. The van der Waals surface area contributed by atoms with Gasteiger partial charge in [-0.15, -0.1) is 0 Å². The van der Waals surface area contributed by atoms with Gasteiger partial charge >= 0.3 is 0 Å². The van der Waals surface area contributed by atoms with Crippen LogP contribution >= 0.6 is 11.6 Å². The van der Waals surface area contributed by atoms with Crippen molar-refractivity contribution < 1.29 is 14.0 Å². The number of carbonyl (C=O) groups excluding carboxylic acids is 2. The van der Waals surface area contributed by atoms with Crippen LogP contribution in [-0.4, -0.2) is 35.8 Å². The molecule has 1 N–H and O–H groups in total. The third kappa shape index (κ3) is 5.27. The van der Waals surface area contributed by atoms with Crippen LogP contribution in [0, 0.1) is 17.2 Å². The van der Waals surface area contributed by atoms with Gasteiger partial charge in [0, 0.05) is 13.1 Å². The molecule has 0 saturated carbocycles. The number of amides is 2. The van der Waals surface area contributed by atoms with Gasteiger partial charge in [-0.1, -0.05) is 63.6 Å². The lowest BCUT2D eigenvalue weighted by atomic mass is 9.70. The molecule has 0 aliphatic carbocycles. The second-order valence-electron chi connectivity index (χ2n) is 9.32. The van der Waals surface area contributed by atoms with Gasteiger partial charge in [-0.05, 0) is 53.5 Å². The summed E-state index contributed by atoms with van der Waals surface area (Å²) >= 11 is 6.15. The van der Waals surface area contributed by atoms with Crippen LogP contribution in [0.1, 0.15) is 56.0 Å². The molecule has 6 heteroatoms. The zero-order valence-electron chi connectivity index (χ0n) is 18.5. The Hall–Kier alpha value is -2.40. The summed E-state index contributed by atoms with van der Waals surface area (Å²) < 4.78 is 13.3. The number of hydrogen-bond donors (Lipinski definition) is 1. The molecule has 1 heterocycles. The SMILES string of the molecule is CC(C)[C@@H](NC(=O)c1ccccc1Cl)C(=O)N1CCC(c2ccc(F)cc2)C(C)(C)C1.